The van der Waals surface area contributed by atoms with E-state index in [1.165, 1.54) is 252 Å². The number of aromatic nitrogens is 6. The molecule has 0 N–H and O–H groups in total. The third kappa shape index (κ3) is 11.5. The predicted molar refractivity (Wildman–Crippen MR) is 560 cm³/mol. The minimum atomic E-state index is 1.30. The van der Waals surface area contributed by atoms with E-state index in [1.54, 1.807) is 0 Å². The predicted octanol–water partition coefficient (Wildman–Crippen LogP) is 34.2. The molecule has 126 heavy (non-hydrogen) atoms. The minimum Gasteiger partial charge on any atom is -0.344 e. The molecule has 0 amide bonds. The van der Waals surface area contributed by atoms with E-state index in [1.807, 2.05) is 68.0 Å². The normalized spacial score (nSPS) is 12.0. The van der Waals surface area contributed by atoms with Crippen LogP contribution in [-0.2, 0) is 42.3 Å². The average Bonchev–Trinajstić information content (AvgIpc) is 1.59. The van der Waals surface area contributed by atoms with Gasteiger partial charge in [-0.3, -0.25) is 0 Å². The third-order valence-corrected chi connectivity index (χ3v) is 33.4. The molecule has 0 aliphatic carbocycles. The van der Waals surface area contributed by atoms with Crippen LogP contribution in [0.5, 0.6) is 0 Å². The Balaban J connectivity index is 0.0000000824. The highest BCUT2D eigenvalue weighted by Gasteiger charge is 2.22. The number of para-hydroxylation sites is 6. The Morgan fingerprint density at radius 2 is 0.429 bits per heavy atom. The Hall–Kier alpha value is -13.9. The summed E-state index contributed by atoms with van der Waals surface area (Å²) in [5.41, 5.74) is 15.8. The highest BCUT2D eigenvalue weighted by atomic mass is 32.1. The summed E-state index contributed by atoms with van der Waals surface area (Å²) in [4.78, 5) is 0. The first-order valence-electron chi connectivity index (χ1n) is 42.7. The van der Waals surface area contributed by atoms with E-state index in [0.29, 0.717) is 0 Å². The van der Waals surface area contributed by atoms with E-state index in [0.717, 1.165) is 0 Å². The zero-order valence-electron chi connectivity index (χ0n) is 69.8. The van der Waals surface area contributed by atoms with Crippen LogP contribution in [0.3, 0.4) is 0 Å². The first-order valence-corrected chi connectivity index (χ1v) is 47.6. The standard InChI is InChI=1S/6C19H13NS/c1-20-15-8-4-2-7-14(15)18-16(20)11-10-13-12-6-3-5-9-17(12)21-19(13)18;1-20-16-8-4-2-6-12(16)14-11-19-15(10-17(14)20)13-7-3-5-9-18(13)21-19;1-20-16-8-4-2-6-12(16)14-10-15-13-7-3-5-9-18(13)21-19(15)11-17(14)20;1-20-15-8-4-2-6-12(15)13-10-11-17-18(19(13)20)14-7-3-5-9-16(14)21-17;1-20-16-8-4-2-6-12(16)14-10-11-15-13-7-3-5-9-17(13)21-19(15)18(14)20;1-20-14-8-4-2-6-12(14)18-15(20)10-11-17-19(18)13-7-3-5-9-16(13)21-17/h6*2-11H,1H3. The van der Waals surface area contributed by atoms with Crippen LogP contribution in [0.4, 0.5) is 0 Å². The van der Waals surface area contributed by atoms with Gasteiger partial charge in [0.05, 0.1) is 26.8 Å². The molecule has 0 fully saturated rings. The van der Waals surface area contributed by atoms with Gasteiger partial charge in [0.15, 0.2) is 0 Å². The van der Waals surface area contributed by atoms with Gasteiger partial charge in [0, 0.05) is 267 Å². The second-order valence-corrected chi connectivity index (χ2v) is 39.6. The highest BCUT2D eigenvalue weighted by Crippen LogP contribution is 2.49. The van der Waals surface area contributed by atoms with Crippen LogP contribution >= 0.6 is 68.0 Å². The minimum absolute atomic E-state index is 1.30. The summed E-state index contributed by atoms with van der Waals surface area (Å²) in [6.07, 6.45) is 0. The first-order chi connectivity index (χ1) is 62.0. The number of rotatable bonds is 0. The Labute approximate surface area is 747 Å². The SMILES string of the molecule is Cn1c2ccccc2c2c3c(ccc21)sc1ccccc13.Cn1c2ccccc2c2c3sc4ccccc4c3ccc21.Cn1c2ccccc2c2cc3c(cc21)sc1ccccc13.Cn1c2ccccc2c2cc3sc4ccccc4c3cc21.Cn1c2ccccc2c2ccc3c4ccccc4sc3c21.Cn1c2ccccc2c2ccc3sc4ccccc4c3c21. The van der Waals surface area contributed by atoms with Crippen LogP contribution < -0.4 is 0 Å². The van der Waals surface area contributed by atoms with Crippen molar-refractivity contribution < 1.29 is 0 Å². The van der Waals surface area contributed by atoms with E-state index in [9.17, 15) is 0 Å². The maximum Gasteiger partial charge on any atom is 0.0670 e. The molecule has 600 valence electrons. The Kier molecular flexibility index (Phi) is 17.4. The monoisotopic (exact) mass is 1720 g/mol. The van der Waals surface area contributed by atoms with Crippen molar-refractivity contribution in [2.75, 3.05) is 0 Å². The lowest BCUT2D eigenvalue weighted by Gasteiger charge is -2.00. The third-order valence-electron chi connectivity index (χ3n) is 26.5. The molecule has 0 saturated heterocycles. The second-order valence-electron chi connectivity index (χ2n) is 33.1. The fourth-order valence-corrected chi connectivity index (χ4v) is 27.6. The van der Waals surface area contributed by atoms with Gasteiger partial charge < -0.3 is 27.4 Å². The van der Waals surface area contributed by atoms with E-state index in [2.05, 4.69) is 434 Å². The molecule has 18 aromatic carbocycles. The van der Waals surface area contributed by atoms with Crippen molar-refractivity contribution >= 4 is 320 Å². The highest BCUT2D eigenvalue weighted by molar-refractivity contribution is 7.28. The number of thiophene rings is 6. The summed E-state index contributed by atoms with van der Waals surface area (Å²) < 4.78 is 30.4. The molecule has 0 aliphatic rings. The van der Waals surface area contributed by atoms with Crippen LogP contribution in [0.25, 0.3) is 252 Å². The van der Waals surface area contributed by atoms with Crippen LogP contribution in [0.15, 0.2) is 364 Å². The fourth-order valence-electron chi connectivity index (χ4n) is 20.6. The van der Waals surface area contributed by atoms with E-state index in [4.69, 9.17) is 0 Å². The van der Waals surface area contributed by atoms with Crippen molar-refractivity contribution in [3.63, 3.8) is 0 Å². The Morgan fingerprint density at radius 3 is 0.960 bits per heavy atom. The van der Waals surface area contributed by atoms with Gasteiger partial charge in [-0.1, -0.05) is 243 Å². The molecule has 30 aromatic rings. The molecule has 0 atom stereocenters. The van der Waals surface area contributed by atoms with Crippen molar-refractivity contribution in [3.8, 4) is 0 Å². The van der Waals surface area contributed by atoms with E-state index in [-0.39, 0.29) is 0 Å². The van der Waals surface area contributed by atoms with Gasteiger partial charge in [-0.05, 0) is 121 Å². The Bertz CT molecular complexity index is 9660. The molecule has 0 saturated carbocycles. The second kappa shape index (κ2) is 29.4. The van der Waals surface area contributed by atoms with Gasteiger partial charge in [-0.15, -0.1) is 68.0 Å². The van der Waals surface area contributed by atoms with Gasteiger partial charge in [0.1, 0.15) is 0 Å². The maximum absolute atomic E-state index is 2.37. The molecule has 12 heteroatoms. The molecule has 0 aliphatic heterocycles. The van der Waals surface area contributed by atoms with Gasteiger partial charge in [-0.25, -0.2) is 0 Å². The number of nitrogens with zero attached hydrogens (tertiary/aromatic N) is 6. The van der Waals surface area contributed by atoms with Crippen molar-refractivity contribution in [2.45, 2.75) is 0 Å². The summed E-state index contributed by atoms with van der Waals surface area (Å²) in [5, 5.41) is 32.8. The van der Waals surface area contributed by atoms with Gasteiger partial charge in [0.25, 0.3) is 0 Å². The van der Waals surface area contributed by atoms with E-state index >= 15 is 0 Å². The molecule has 0 bridgehead atoms. The van der Waals surface area contributed by atoms with Gasteiger partial charge in [-0.2, -0.15) is 0 Å². The fraction of sp³-hybridized carbons (Fsp3) is 0.0526. The molecule has 6 nitrogen and oxygen atoms in total. The molecular weight excluding hydrogens is 1650 g/mol. The molecule has 12 aromatic heterocycles. The number of hydrogen-bond acceptors (Lipinski definition) is 6. The van der Waals surface area contributed by atoms with Crippen LogP contribution in [0, 0.1) is 0 Å². The maximum atomic E-state index is 2.37. The average molecular weight is 1720 g/mol. The summed E-state index contributed by atoms with van der Waals surface area (Å²) in [6, 6.07) is 132. The number of hydrogen-bond donors (Lipinski definition) is 0. The van der Waals surface area contributed by atoms with Crippen molar-refractivity contribution in [2.24, 2.45) is 42.3 Å². The van der Waals surface area contributed by atoms with Gasteiger partial charge in [0.2, 0.25) is 0 Å². The van der Waals surface area contributed by atoms with Crippen LogP contribution in [0.1, 0.15) is 0 Å². The first kappa shape index (κ1) is 74.7. The molecular formula is C114H78N6S6. The molecule has 30 rings (SSSR count). The Morgan fingerprint density at radius 1 is 0.135 bits per heavy atom. The zero-order chi connectivity index (χ0) is 83.8. The largest absolute Gasteiger partial charge is 0.344 e. The lowest BCUT2D eigenvalue weighted by Crippen LogP contribution is -1.86. The number of aryl methyl sites for hydroxylation is 6. The van der Waals surface area contributed by atoms with Crippen molar-refractivity contribution in [1.29, 1.82) is 0 Å². The lowest BCUT2D eigenvalue weighted by molar-refractivity contribution is 1.01. The molecule has 12 heterocycles. The zero-order valence-corrected chi connectivity index (χ0v) is 74.7. The topological polar surface area (TPSA) is 29.6 Å². The smallest absolute Gasteiger partial charge is 0.0670 e. The summed E-state index contributed by atoms with van der Waals surface area (Å²) in [7, 11) is 13.0. The van der Waals surface area contributed by atoms with Crippen LogP contribution in [0.2, 0.25) is 0 Å². The van der Waals surface area contributed by atoms with Crippen molar-refractivity contribution in [3.05, 3.63) is 364 Å². The van der Waals surface area contributed by atoms with Crippen LogP contribution in [-0.4, -0.2) is 27.4 Å². The molecule has 0 radical (unpaired) electrons. The quantitative estimate of drug-likeness (QED) is 0.145. The van der Waals surface area contributed by atoms with Crippen molar-refractivity contribution in [1.82, 2.24) is 27.4 Å². The molecule has 0 unspecified atom stereocenters. The summed E-state index contributed by atoms with van der Waals surface area (Å²) in [5.74, 6) is 0. The van der Waals surface area contributed by atoms with E-state index < -0.39 is 0 Å². The van der Waals surface area contributed by atoms with Gasteiger partial charge >= 0.3 is 0 Å². The number of fused-ring (bicyclic) bond motifs is 40. The molecule has 0 spiro atoms. The lowest BCUT2D eigenvalue weighted by atomic mass is 10.1. The summed E-state index contributed by atoms with van der Waals surface area (Å²) in [6.45, 7) is 0. The summed E-state index contributed by atoms with van der Waals surface area (Å²) >= 11 is 11.3. The number of benzene rings is 18.